The molecule has 5 heteroatoms. The summed E-state index contributed by atoms with van der Waals surface area (Å²) in [4.78, 5) is 23.2. The van der Waals surface area contributed by atoms with Crippen molar-refractivity contribution >= 4 is 23.2 Å². The molecule has 1 heterocycles. The first-order chi connectivity index (χ1) is 6.93. The second-order valence-corrected chi connectivity index (χ2v) is 4.45. The third-order valence-corrected chi connectivity index (χ3v) is 3.26. The molecule has 0 aromatic carbocycles. The molecule has 0 unspecified atom stereocenters. The summed E-state index contributed by atoms with van der Waals surface area (Å²) in [5.74, 6) is -1.36. The van der Waals surface area contributed by atoms with Gasteiger partial charge in [0.05, 0.1) is 5.56 Å². The number of carboxylic acid groups (broad SMARTS) is 1. The van der Waals surface area contributed by atoms with Gasteiger partial charge in [0.2, 0.25) is 0 Å². The number of carboxylic acids is 1. The minimum Gasteiger partial charge on any atom is -0.480 e. The molecule has 1 atom stereocenters. The van der Waals surface area contributed by atoms with Crippen molar-refractivity contribution in [3.63, 3.8) is 0 Å². The highest BCUT2D eigenvalue weighted by atomic mass is 32.1. The number of thiophene rings is 1. The van der Waals surface area contributed by atoms with Gasteiger partial charge < -0.3 is 10.4 Å². The van der Waals surface area contributed by atoms with E-state index in [2.05, 4.69) is 5.32 Å². The molecule has 15 heavy (non-hydrogen) atoms. The maximum atomic E-state index is 11.6. The van der Waals surface area contributed by atoms with E-state index in [-0.39, 0.29) is 5.91 Å². The number of amides is 1. The minimum absolute atomic E-state index is 0.327. The Bertz CT molecular complexity index is 397. The van der Waals surface area contributed by atoms with E-state index in [0.717, 1.165) is 10.4 Å². The van der Waals surface area contributed by atoms with Gasteiger partial charge in [0, 0.05) is 10.3 Å². The lowest BCUT2D eigenvalue weighted by atomic mass is 10.1. The zero-order valence-electron chi connectivity index (χ0n) is 8.83. The molecule has 4 nitrogen and oxygen atoms in total. The van der Waals surface area contributed by atoms with Gasteiger partial charge in [-0.25, -0.2) is 0 Å². The molecule has 0 bridgehead atoms. The Hall–Kier alpha value is -1.36. The van der Waals surface area contributed by atoms with Gasteiger partial charge in [0.15, 0.2) is 0 Å². The third kappa shape index (κ3) is 2.56. The number of rotatable bonds is 3. The lowest BCUT2D eigenvalue weighted by Gasteiger charge is -2.08. The second-order valence-electron chi connectivity index (χ2n) is 3.36. The highest BCUT2D eigenvalue weighted by Crippen LogP contribution is 2.20. The van der Waals surface area contributed by atoms with Gasteiger partial charge in [-0.15, -0.1) is 11.3 Å². The minimum atomic E-state index is -1.03. The summed E-state index contributed by atoms with van der Waals surface area (Å²) in [6.45, 7) is 5.22. The Morgan fingerprint density at radius 3 is 2.47 bits per heavy atom. The first-order valence-electron chi connectivity index (χ1n) is 4.52. The van der Waals surface area contributed by atoms with Gasteiger partial charge in [-0.3, -0.25) is 9.59 Å². The summed E-state index contributed by atoms with van der Waals surface area (Å²) in [6, 6.07) is -0.864. The Morgan fingerprint density at radius 1 is 1.47 bits per heavy atom. The van der Waals surface area contributed by atoms with Crippen LogP contribution in [0.25, 0.3) is 0 Å². The largest absolute Gasteiger partial charge is 0.480 e. The van der Waals surface area contributed by atoms with E-state index in [1.807, 2.05) is 13.8 Å². The first kappa shape index (κ1) is 11.7. The Morgan fingerprint density at radius 2 is 2.07 bits per heavy atom. The standard InChI is InChI=1S/C10H13NO3S/c1-5-7(3)15-4-8(5)9(12)11-6(2)10(13)14/h4,6H,1-3H3,(H,11,12)(H,13,14)/t6-/m0/s1. The van der Waals surface area contributed by atoms with Gasteiger partial charge in [-0.2, -0.15) is 0 Å². The number of carbonyl (C=O) groups excluding carboxylic acids is 1. The Kier molecular flexibility index (Phi) is 3.47. The molecule has 1 aromatic heterocycles. The molecular formula is C10H13NO3S. The zero-order valence-corrected chi connectivity index (χ0v) is 9.64. The number of aryl methyl sites for hydroxylation is 1. The SMILES string of the molecule is Cc1scc(C(=O)N[C@@H](C)C(=O)O)c1C. The quantitative estimate of drug-likeness (QED) is 0.823. The lowest BCUT2D eigenvalue weighted by molar-refractivity contribution is -0.138. The van der Waals surface area contributed by atoms with Crippen molar-refractivity contribution in [3.05, 3.63) is 21.4 Å². The number of nitrogens with one attached hydrogen (secondary N) is 1. The van der Waals surface area contributed by atoms with Crippen LogP contribution in [0.4, 0.5) is 0 Å². The van der Waals surface area contributed by atoms with Crippen LogP contribution in [0.2, 0.25) is 0 Å². The summed E-state index contributed by atoms with van der Waals surface area (Å²) >= 11 is 1.49. The van der Waals surface area contributed by atoms with Gasteiger partial charge in [0.1, 0.15) is 6.04 Å². The smallest absolute Gasteiger partial charge is 0.325 e. The van der Waals surface area contributed by atoms with Crippen LogP contribution in [-0.2, 0) is 4.79 Å². The predicted octanol–water partition coefficient (Wildman–Crippen LogP) is 1.57. The molecule has 1 rings (SSSR count). The lowest BCUT2D eigenvalue weighted by Crippen LogP contribution is -2.38. The monoisotopic (exact) mass is 227 g/mol. The summed E-state index contributed by atoms with van der Waals surface area (Å²) in [5, 5.41) is 12.8. The summed E-state index contributed by atoms with van der Waals surface area (Å²) < 4.78 is 0. The summed E-state index contributed by atoms with van der Waals surface area (Å²) in [7, 11) is 0. The highest BCUT2D eigenvalue weighted by Gasteiger charge is 2.17. The van der Waals surface area contributed by atoms with E-state index in [9.17, 15) is 9.59 Å². The molecule has 1 amide bonds. The van der Waals surface area contributed by atoms with Crippen LogP contribution in [0.3, 0.4) is 0 Å². The molecule has 0 spiro atoms. The number of hydrogen-bond donors (Lipinski definition) is 2. The number of hydrogen-bond acceptors (Lipinski definition) is 3. The molecule has 0 fully saturated rings. The van der Waals surface area contributed by atoms with E-state index < -0.39 is 12.0 Å². The van der Waals surface area contributed by atoms with Crippen molar-refractivity contribution in [1.82, 2.24) is 5.32 Å². The van der Waals surface area contributed by atoms with E-state index in [4.69, 9.17) is 5.11 Å². The maximum absolute atomic E-state index is 11.6. The van der Waals surface area contributed by atoms with Crippen LogP contribution in [0.5, 0.6) is 0 Å². The fourth-order valence-electron chi connectivity index (χ4n) is 1.07. The van der Waals surface area contributed by atoms with E-state index in [1.54, 1.807) is 5.38 Å². The molecule has 0 saturated carbocycles. The van der Waals surface area contributed by atoms with Crippen molar-refractivity contribution in [2.45, 2.75) is 26.8 Å². The summed E-state index contributed by atoms with van der Waals surface area (Å²) in [5.41, 5.74) is 1.47. The molecule has 0 aliphatic heterocycles. The van der Waals surface area contributed by atoms with E-state index in [0.29, 0.717) is 5.56 Å². The predicted molar refractivity (Wildman–Crippen MR) is 58.4 cm³/mol. The molecule has 0 radical (unpaired) electrons. The van der Waals surface area contributed by atoms with Gasteiger partial charge in [-0.05, 0) is 26.3 Å². The molecule has 0 aliphatic carbocycles. The van der Waals surface area contributed by atoms with Gasteiger partial charge in [-0.1, -0.05) is 0 Å². The van der Waals surface area contributed by atoms with Crippen LogP contribution < -0.4 is 5.32 Å². The molecule has 0 saturated heterocycles. The van der Waals surface area contributed by atoms with Crippen LogP contribution in [0.15, 0.2) is 5.38 Å². The first-order valence-corrected chi connectivity index (χ1v) is 5.39. The average molecular weight is 227 g/mol. The normalized spacial score (nSPS) is 12.2. The van der Waals surface area contributed by atoms with E-state index >= 15 is 0 Å². The van der Waals surface area contributed by atoms with Gasteiger partial charge >= 0.3 is 5.97 Å². The Balaban J connectivity index is 2.78. The van der Waals surface area contributed by atoms with Crippen LogP contribution in [0, 0.1) is 13.8 Å². The maximum Gasteiger partial charge on any atom is 0.325 e. The fourth-order valence-corrected chi connectivity index (χ4v) is 1.94. The topological polar surface area (TPSA) is 66.4 Å². The van der Waals surface area contributed by atoms with Crippen LogP contribution in [-0.4, -0.2) is 23.0 Å². The second kappa shape index (κ2) is 4.44. The summed E-state index contributed by atoms with van der Waals surface area (Å²) in [6.07, 6.45) is 0. The molecule has 82 valence electrons. The van der Waals surface area contributed by atoms with Crippen molar-refractivity contribution in [2.75, 3.05) is 0 Å². The van der Waals surface area contributed by atoms with Crippen molar-refractivity contribution in [2.24, 2.45) is 0 Å². The molecule has 0 aliphatic rings. The highest BCUT2D eigenvalue weighted by molar-refractivity contribution is 7.10. The fraction of sp³-hybridized carbons (Fsp3) is 0.400. The third-order valence-electron chi connectivity index (χ3n) is 2.25. The zero-order chi connectivity index (χ0) is 11.6. The van der Waals surface area contributed by atoms with Crippen molar-refractivity contribution < 1.29 is 14.7 Å². The van der Waals surface area contributed by atoms with Crippen LogP contribution in [0.1, 0.15) is 27.7 Å². The van der Waals surface area contributed by atoms with Crippen LogP contribution >= 0.6 is 11.3 Å². The number of aliphatic carboxylic acids is 1. The molecular weight excluding hydrogens is 214 g/mol. The van der Waals surface area contributed by atoms with Crippen molar-refractivity contribution in [3.8, 4) is 0 Å². The molecule has 2 N–H and O–H groups in total. The molecule has 1 aromatic rings. The van der Waals surface area contributed by atoms with Crippen molar-refractivity contribution in [1.29, 1.82) is 0 Å². The number of carbonyl (C=O) groups is 2. The van der Waals surface area contributed by atoms with Gasteiger partial charge in [0.25, 0.3) is 5.91 Å². The van der Waals surface area contributed by atoms with E-state index in [1.165, 1.54) is 18.3 Å². The average Bonchev–Trinajstić information content (AvgIpc) is 2.47. The Labute approximate surface area is 91.9 Å².